The molecule has 0 aliphatic carbocycles. The first-order valence-corrected chi connectivity index (χ1v) is 19.0. The number of furan rings is 1. The van der Waals surface area contributed by atoms with Crippen molar-refractivity contribution in [3.8, 4) is 44.8 Å². The zero-order chi connectivity index (χ0) is 43.5. The molecule has 3 heteroatoms. The molecule has 0 radical (unpaired) electrons. The summed E-state index contributed by atoms with van der Waals surface area (Å²) in [7, 11) is 0. The molecule has 3 heterocycles. The van der Waals surface area contributed by atoms with Crippen molar-refractivity contribution in [3.05, 3.63) is 206 Å². The predicted octanol–water partition coefficient (Wildman–Crippen LogP) is 14.8. The van der Waals surface area contributed by atoms with Gasteiger partial charge in [-0.2, -0.15) is 0 Å². The SMILES string of the molecule is [2H]c1c([2H])c([2H])c2c(c1[2H])c1c([2H])c(-c3ccc4c(c3)c3c(-c5ccccc5)cccc3n4-c3ccccc3-c3ccccc3)c([2H])c([2H])c1n2-c1cccc2c1oc1ccccc12. The van der Waals surface area contributed by atoms with Crippen molar-refractivity contribution in [1.82, 2.24) is 9.13 Å². The van der Waals surface area contributed by atoms with Crippen LogP contribution in [0.5, 0.6) is 0 Å². The van der Waals surface area contributed by atoms with Crippen LogP contribution in [-0.2, 0) is 0 Å². The van der Waals surface area contributed by atoms with Crippen LogP contribution < -0.4 is 0 Å². The molecule has 0 N–H and O–H groups in total. The molecule has 57 heavy (non-hydrogen) atoms. The highest BCUT2D eigenvalue weighted by Gasteiger charge is 2.21. The van der Waals surface area contributed by atoms with E-state index < -0.39 is 12.1 Å². The van der Waals surface area contributed by atoms with Crippen molar-refractivity contribution in [2.45, 2.75) is 0 Å². The number of nitrogens with zero attached hydrogens (tertiary/aromatic N) is 2. The van der Waals surface area contributed by atoms with Crippen molar-refractivity contribution < 1.29 is 14.0 Å². The van der Waals surface area contributed by atoms with E-state index in [-0.39, 0.29) is 57.6 Å². The minimum atomic E-state index is -0.445. The lowest BCUT2D eigenvalue weighted by molar-refractivity contribution is 0.666. The molecule has 3 nitrogen and oxygen atoms in total. The quantitative estimate of drug-likeness (QED) is 0.173. The van der Waals surface area contributed by atoms with Gasteiger partial charge in [0.1, 0.15) is 5.58 Å². The van der Waals surface area contributed by atoms with Crippen molar-refractivity contribution in [1.29, 1.82) is 0 Å². The molecule has 266 valence electrons. The lowest BCUT2D eigenvalue weighted by atomic mass is 9.97. The first kappa shape index (κ1) is 25.5. The summed E-state index contributed by atoms with van der Waals surface area (Å²) in [6.45, 7) is 0. The molecule has 0 unspecified atom stereocenters. The fraction of sp³-hybridized carbons (Fsp3) is 0. The van der Waals surface area contributed by atoms with Crippen LogP contribution in [0.25, 0.3) is 110 Å². The van der Waals surface area contributed by atoms with Crippen LogP contribution in [0.3, 0.4) is 0 Å². The average molecular weight is 734 g/mol. The van der Waals surface area contributed by atoms with E-state index >= 15 is 0 Å². The van der Waals surface area contributed by atoms with Gasteiger partial charge in [-0.25, -0.2) is 0 Å². The van der Waals surface area contributed by atoms with E-state index in [4.69, 9.17) is 7.16 Å². The Morgan fingerprint density at radius 3 is 1.93 bits per heavy atom. The maximum absolute atomic E-state index is 10.0. The van der Waals surface area contributed by atoms with Gasteiger partial charge in [0, 0.05) is 37.9 Å². The second kappa shape index (κ2) is 12.5. The van der Waals surface area contributed by atoms with Crippen molar-refractivity contribution in [2.24, 2.45) is 0 Å². The first-order chi connectivity index (χ1) is 31.2. The van der Waals surface area contributed by atoms with E-state index in [1.165, 1.54) is 0 Å². The number of para-hydroxylation sites is 4. The molecule has 12 rings (SSSR count). The summed E-state index contributed by atoms with van der Waals surface area (Å²) < 4.78 is 75.9. The molecule has 9 aromatic carbocycles. The van der Waals surface area contributed by atoms with E-state index in [0.29, 0.717) is 22.4 Å². The number of fused-ring (bicyclic) bond motifs is 9. The van der Waals surface area contributed by atoms with E-state index in [9.17, 15) is 6.85 Å². The van der Waals surface area contributed by atoms with Crippen LogP contribution in [0.1, 0.15) is 9.60 Å². The molecule has 0 aliphatic heterocycles. The fourth-order valence-electron chi connectivity index (χ4n) is 8.68. The van der Waals surface area contributed by atoms with Gasteiger partial charge in [-0.15, -0.1) is 0 Å². The van der Waals surface area contributed by atoms with E-state index in [0.717, 1.165) is 60.5 Å². The Morgan fingerprint density at radius 1 is 0.386 bits per heavy atom. The summed E-state index contributed by atoms with van der Waals surface area (Å²) in [6, 6.07) is 52.2. The third-order valence-corrected chi connectivity index (χ3v) is 11.2. The van der Waals surface area contributed by atoms with Gasteiger partial charge in [0.2, 0.25) is 0 Å². The number of hydrogen-bond acceptors (Lipinski definition) is 1. The maximum Gasteiger partial charge on any atom is 0.159 e. The van der Waals surface area contributed by atoms with Gasteiger partial charge in [-0.1, -0.05) is 152 Å². The lowest BCUT2D eigenvalue weighted by Crippen LogP contribution is -1.97. The Hall–Kier alpha value is -7.62. The average Bonchev–Trinajstić information content (AvgIpc) is 4.01. The molecule has 0 spiro atoms. The zero-order valence-electron chi connectivity index (χ0n) is 37.4. The molecule has 0 amide bonds. The Morgan fingerprint density at radius 2 is 1.05 bits per heavy atom. The summed E-state index contributed by atoms with van der Waals surface area (Å²) in [6.07, 6.45) is 0. The Bertz CT molecular complexity index is 3930. The minimum Gasteiger partial charge on any atom is -0.454 e. The summed E-state index contributed by atoms with van der Waals surface area (Å²) in [4.78, 5) is 0. The van der Waals surface area contributed by atoms with Crippen LogP contribution in [0, 0.1) is 0 Å². The molecule has 0 saturated carbocycles. The Labute approximate surface area is 338 Å². The van der Waals surface area contributed by atoms with Crippen LogP contribution in [0.4, 0.5) is 0 Å². The van der Waals surface area contributed by atoms with Gasteiger partial charge in [-0.3, -0.25) is 0 Å². The molecule has 0 atom stereocenters. The van der Waals surface area contributed by atoms with Gasteiger partial charge in [-0.05, 0) is 82.3 Å². The van der Waals surface area contributed by atoms with Gasteiger partial charge in [0.15, 0.2) is 5.58 Å². The van der Waals surface area contributed by atoms with Crippen molar-refractivity contribution in [2.75, 3.05) is 0 Å². The Balaban J connectivity index is 1.19. The molecule has 3 aromatic heterocycles. The van der Waals surface area contributed by atoms with Crippen molar-refractivity contribution >= 4 is 65.6 Å². The molecule has 0 aliphatic rings. The highest BCUT2D eigenvalue weighted by atomic mass is 16.3. The molecule has 0 bridgehead atoms. The zero-order valence-corrected chi connectivity index (χ0v) is 30.4. The predicted molar refractivity (Wildman–Crippen MR) is 239 cm³/mol. The maximum atomic E-state index is 10.0. The number of benzene rings is 9. The summed E-state index contributed by atoms with van der Waals surface area (Å²) in [5, 5.41) is 3.81. The second-order valence-corrected chi connectivity index (χ2v) is 14.3. The third-order valence-electron chi connectivity index (χ3n) is 11.2. The molecule has 0 saturated heterocycles. The van der Waals surface area contributed by atoms with Gasteiger partial charge >= 0.3 is 0 Å². The minimum absolute atomic E-state index is 0.107. The fourth-order valence-corrected chi connectivity index (χ4v) is 8.68. The largest absolute Gasteiger partial charge is 0.454 e. The summed E-state index contributed by atoms with van der Waals surface area (Å²) in [5.41, 5.74) is 9.58. The molecular weight excluding hydrogens is 693 g/mol. The normalized spacial score (nSPS) is 13.6. The van der Waals surface area contributed by atoms with Gasteiger partial charge in [0.25, 0.3) is 0 Å². The number of rotatable bonds is 5. The van der Waals surface area contributed by atoms with Crippen molar-refractivity contribution in [3.63, 3.8) is 0 Å². The van der Waals surface area contributed by atoms with Crippen LogP contribution in [0.2, 0.25) is 0 Å². The first-order valence-electron chi connectivity index (χ1n) is 22.5. The molecule has 0 fully saturated rings. The smallest absolute Gasteiger partial charge is 0.159 e. The standard InChI is InChI=1S/C54H34N2O/c1-3-15-35(16-4-1)39-19-7-10-24-46(39)55-49-32-30-38(34-45(49)53-40(22-13-26-50(53)55)36-17-5-2-6-18-36)37-29-31-48-44(33-37)41-20-8-11-25-47(41)56(48)51-27-14-23-43-42-21-9-12-28-52(42)57-54(43)51/h1-34H/i8D,11D,20D,25D,29D,31D,33D. The number of hydrogen-bond donors (Lipinski definition) is 0. The molecular formula is C54H34N2O. The summed E-state index contributed by atoms with van der Waals surface area (Å²) >= 11 is 0. The van der Waals surface area contributed by atoms with Gasteiger partial charge in [0.05, 0.1) is 43.0 Å². The van der Waals surface area contributed by atoms with Crippen LogP contribution >= 0.6 is 0 Å². The summed E-state index contributed by atoms with van der Waals surface area (Å²) in [5.74, 6) is 0. The topological polar surface area (TPSA) is 23.0 Å². The van der Waals surface area contributed by atoms with Crippen LogP contribution in [0.15, 0.2) is 211 Å². The Kier molecular flexibility index (Phi) is 5.56. The van der Waals surface area contributed by atoms with E-state index in [1.807, 2.05) is 103 Å². The highest BCUT2D eigenvalue weighted by molar-refractivity contribution is 6.18. The highest BCUT2D eigenvalue weighted by Crippen LogP contribution is 2.43. The lowest BCUT2D eigenvalue weighted by Gasteiger charge is -2.14. The van der Waals surface area contributed by atoms with Crippen LogP contribution in [-0.4, -0.2) is 9.13 Å². The molecule has 12 aromatic rings. The second-order valence-electron chi connectivity index (χ2n) is 14.3. The third kappa shape index (κ3) is 4.79. The van der Waals surface area contributed by atoms with E-state index in [1.54, 1.807) is 10.6 Å². The van der Waals surface area contributed by atoms with Gasteiger partial charge < -0.3 is 13.6 Å². The van der Waals surface area contributed by atoms with E-state index in [2.05, 4.69) is 59.2 Å². The monoisotopic (exact) mass is 733 g/mol. The number of aromatic nitrogens is 2.